The van der Waals surface area contributed by atoms with E-state index in [1.54, 1.807) is 31.2 Å². The maximum absolute atomic E-state index is 11.8. The number of aryl methyl sites for hydroxylation is 1. The van der Waals surface area contributed by atoms with Crippen LogP contribution < -0.4 is 4.72 Å². The molecule has 0 saturated heterocycles. The van der Waals surface area contributed by atoms with Crippen LogP contribution >= 0.6 is 0 Å². The van der Waals surface area contributed by atoms with Gasteiger partial charge in [-0.2, -0.15) is 0 Å². The predicted molar refractivity (Wildman–Crippen MR) is 67.3 cm³/mol. The van der Waals surface area contributed by atoms with E-state index in [1.807, 2.05) is 6.92 Å². The Morgan fingerprint density at radius 3 is 2.41 bits per heavy atom. The monoisotopic (exact) mass is 257 g/mol. The Morgan fingerprint density at radius 2 is 1.88 bits per heavy atom. The van der Waals surface area contributed by atoms with Gasteiger partial charge in [0.2, 0.25) is 10.0 Å². The van der Waals surface area contributed by atoms with Gasteiger partial charge in [-0.05, 0) is 38.8 Å². The van der Waals surface area contributed by atoms with E-state index in [9.17, 15) is 8.42 Å². The van der Waals surface area contributed by atoms with Gasteiger partial charge in [0.05, 0.1) is 11.0 Å². The number of sulfonamides is 1. The van der Waals surface area contributed by atoms with Gasteiger partial charge in [0.15, 0.2) is 0 Å². The highest BCUT2D eigenvalue weighted by atomic mass is 32.2. The Balaban J connectivity index is 2.54. The largest absolute Gasteiger partial charge is 0.393 e. The first-order chi connectivity index (χ1) is 7.92. The molecule has 2 N–H and O–H groups in total. The molecule has 0 radical (unpaired) electrons. The van der Waals surface area contributed by atoms with Gasteiger partial charge in [-0.25, -0.2) is 13.1 Å². The van der Waals surface area contributed by atoms with Crippen LogP contribution in [-0.4, -0.2) is 26.2 Å². The number of hydrogen-bond acceptors (Lipinski definition) is 3. The van der Waals surface area contributed by atoms with Crippen LogP contribution in [0.3, 0.4) is 0 Å². The number of benzene rings is 1. The van der Waals surface area contributed by atoms with Crippen molar-refractivity contribution in [3.05, 3.63) is 29.8 Å². The molecule has 0 amide bonds. The van der Waals surface area contributed by atoms with E-state index in [2.05, 4.69) is 4.72 Å². The van der Waals surface area contributed by atoms with Gasteiger partial charge < -0.3 is 5.11 Å². The van der Waals surface area contributed by atoms with Gasteiger partial charge in [0.1, 0.15) is 0 Å². The number of nitrogens with one attached hydrogen (secondary N) is 1. The molecule has 1 atom stereocenters. The third-order valence-electron chi connectivity index (χ3n) is 2.42. The third kappa shape index (κ3) is 4.85. The lowest BCUT2D eigenvalue weighted by Crippen LogP contribution is -2.25. The lowest BCUT2D eigenvalue weighted by molar-refractivity contribution is 0.182. The molecule has 1 rings (SSSR count). The fourth-order valence-corrected chi connectivity index (χ4v) is 2.48. The molecule has 5 heteroatoms. The SMILES string of the molecule is Cc1ccc(S(=O)(=O)NCCCC(C)O)cc1. The molecule has 4 nitrogen and oxygen atoms in total. The second-order valence-electron chi connectivity index (χ2n) is 4.20. The number of rotatable bonds is 6. The first-order valence-electron chi connectivity index (χ1n) is 5.66. The maximum Gasteiger partial charge on any atom is 0.240 e. The van der Waals surface area contributed by atoms with Gasteiger partial charge >= 0.3 is 0 Å². The molecular formula is C12H19NO3S. The Hall–Kier alpha value is -0.910. The van der Waals surface area contributed by atoms with Crippen molar-refractivity contribution in [3.8, 4) is 0 Å². The quantitative estimate of drug-likeness (QED) is 0.758. The molecule has 1 aromatic rings. The molecule has 0 spiro atoms. The van der Waals surface area contributed by atoms with E-state index < -0.39 is 10.0 Å². The molecule has 1 unspecified atom stereocenters. The van der Waals surface area contributed by atoms with Crippen molar-refractivity contribution in [2.45, 2.75) is 37.7 Å². The van der Waals surface area contributed by atoms with Crippen molar-refractivity contribution in [2.24, 2.45) is 0 Å². The molecule has 1 aromatic carbocycles. The lowest BCUT2D eigenvalue weighted by Gasteiger charge is -2.07. The van der Waals surface area contributed by atoms with E-state index in [4.69, 9.17) is 5.11 Å². The zero-order chi connectivity index (χ0) is 12.9. The Bertz CT molecular complexity index is 437. The fraction of sp³-hybridized carbons (Fsp3) is 0.500. The van der Waals surface area contributed by atoms with Gasteiger partial charge in [-0.1, -0.05) is 17.7 Å². The predicted octanol–water partition coefficient (Wildman–Crippen LogP) is 1.43. The summed E-state index contributed by atoms with van der Waals surface area (Å²) in [5.74, 6) is 0. The van der Waals surface area contributed by atoms with Crippen molar-refractivity contribution in [1.82, 2.24) is 4.72 Å². The van der Waals surface area contributed by atoms with Gasteiger partial charge in [0.25, 0.3) is 0 Å². The average molecular weight is 257 g/mol. The lowest BCUT2D eigenvalue weighted by atomic mass is 10.2. The van der Waals surface area contributed by atoms with Crippen molar-refractivity contribution in [3.63, 3.8) is 0 Å². The van der Waals surface area contributed by atoms with Crippen LogP contribution in [0, 0.1) is 6.92 Å². The summed E-state index contributed by atoms with van der Waals surface area (Å²) in [7, 11) is -3.41. The Morgan fingerprint density at radius 1 is 1.29 bits per heavy atom. The van der Waals surface area contributed by atoms with Crippen LogP contribution in [0.5, 0.6) is 0 Å². The molecule has 17 heavy (non-hydrogen) atoms. The van der Waals surface area contributed by atoms with Crippen molar-refractivity contribution >= 4 is 10.0 Å². The zero-order valence-corrected chi connectivity index (χ0v) is 11.0. The Labute approximate surface area is 103 Å². The topological polar surface area (TPSA) is 66.4 Å². The maximum atomic E-state index is 11.8. The van der Waals surface area contributed by atoms with E-state index in [-0.39, 0.29) is 11.0 Å². The van der Waals surface area contributed by atoms with Crippen LogP contribution in [0.1, 0.15) is 25.3 Å². The van der Waals surface area contributed by atoms with Crippen molar-refractivity contribution in [1.29, 1.82) is 0 Å². The summed E-state index contributed by atoms with van der Waals surface area (Å²) in [6, 6.07) is 6.72. The summed E-state index contributed by atoms with van der Waals surface area (Å²) in [5.41, 5.74) is 1.03. The average Bonchev–Trinajstić information content (AvgIpc) is 2.25. The Kier molecular flexibility index (Phi) is 5.11. The second kappa shape index (κ2) is 6.14. The van der Waals surface area contributed by atoms with Crippen LogP contribution in [-0.2, 0) is 10.0 Å². The smallest absolute Gasteiger partial charge is 0.240 e. The first kappa shape index (κ1) is 14.2. The van der Waals surface area contributed by atoms with Crippen LogP contribution in [0.25, 0.3) is 0 Å². The van der Waals surface area contributed by atoms with Crippen molar-refractivity contribution in [2.75, 3.05) is 6.54 Å². The molecule has 0 aliphatic carbocycles. The van der Waals surface area contributed by atoms with E-state index in [1.165, 1.54) is 0 Å². The molecule has 0 aliphatic heterocycles. The summed E-state index contributed by atoms with van der Waals surface area (Å²) in [4.78, 5) is 0.278. The minimum Gasteiger partial charge on any atom is -0.393 e. The van der Waals surface area contributed by atoms with Crippen LogP contribution in [0.15, 0.2) is 29.2 Å². The molecule has 0 saturated carbocycles. The molecule has 0 aromatic heterocycles. The molecular weight excluding hydrogens is 238 g/mol. The second-order valence-corrected chi connectivity index (χ2v) is 5.97. The first-order valence-corrected chi connectivity index (χ1v) is 7.14. The van der Waals surface area contributed by atoms with Crippen molar-refractivity contribution < 1.29 is 13.5 Å². The molecule has 0 aliphatic rings. The summed E-state index contributed by atoms with van der Waals surface area (Å²) in [5, 5.41) is 9.05. The van der Waals surface area contributed by atoms with Crippen LogP contribution in [0.2, 0.25) is 0 Å². The fourth-order valence-electron chi connectivity index (χ4n) is 1.40. The van der Waals surface area contributed by atoms with E-state index in [0.717, 1.165) is 5.56 Å². The number of aliphatic hydroxyl groups is 1. The summed E-state index contributed by atoms with van der Waals surface area (Å²) in [6.45, 7) is 3.95. The number of hydrogen-bond donors (Lipinski definition) is 2. The van der Waals surface area contributed by atoms with E-state index >= 15 is 0 Å². The summed E-state index contributed by atoms with van der Waals surface area (Å²) < 4.78 is 26.1. The highest BCUT2D eigenvalue weighted by Gasteiger charge is 2.12. The normalized spacial score (nSPS) is 13.6. The highest BCUT2D eigenvalue weighted by molar-refractivity contribution is 7.89. The molecule has 0 heterocycles. The van der Waals surface area contributed by atoms with E-state index in [0.29, 0.717) is 19.4 Å². The van der Waals surface area contributed by atoms with Gasteiger partial charge in [-0.3, -0.25) is 0 Å². The molecule has 96 valence electrons. The standard InChI is InChI=1S/C12H19NO3S/c1-10-5-7-12(8-6-10)17(15,16)13-9-3-4-11(2)14/h5-8,11,13-14H,3-4,9H2,1-2H3. The molecule has 0 fully saturated rings. The highest BCUT2D eigenvalue weighted by Crippen LogP contribution is 2.09. The summed E-state index contributed by atoms with van der Waals surface area (Å²) in [6.07, 6.45) is 0.831. The number of aliphatic hydroxyl groups excluding tert-OH is 1. The van der Waals surface area contributed by atoms with Crippen LogP contribution in [0.4, 0.5) is 0 Å². The van der Waals surface area contributed by atoms with Gasteiger partial charge in [0, 0.05) is 6.54 Å². The third-order valence-corrected chi connectivity index (χ3v) is 3.90. The zero-order valence-electron chi connectivity index (χ0n) is 10.2. The minimum atomic E-state index is -3.41. The minimum absolute atomic E-state index is 0.278. The summed E-state index contributed by atoms with van der Waals surface area (Å²) >= 11 is 0. The molecule has 0 bridgehead atoms. The van der Waals surface area contributed by atoms with Gasteiger partial charge in [-0.15, -0.1) is 0 Å².